The smallest absolute Gasteiger partial charge is 0.270 e. The third kappa shape index (κ3) is 2.05. The number of carbonyl (C=O) groups is 1. The minimum absolute atomic E-state index is 0.105. The number of benzene rings is 1. The number of nitrogens with one attached hydrogen (secondary N) is 2. The van der Waals surface area contributed by atoms with Crippen LogP contribution in [0.2, 0.25) is 0 Å². The summed E-state index contributed by atoms with van der Waals surface area (Å²) in [6, 6.07) is 9.97. The molecule has 0 aliphatic heterocycles. The molecule has 0 bridgehead atoms. The number of H-pyrrole nitrogens is 1. The van der Waals surface area contributed by atoms with E-state index in [0.717, 1.165) is 21.8 Å². The fourth-order valence-corrected chi connectivity index (χ4v) is 2.21. The molecule has 3 aromatic rings. The summed E-state index contributed by atoms with van der Waals surface area (Å²) in [6.07, 6.45) is 1.71. The largest absolute Gasteiger partial charge is 0.353 e. The monoisotopic (exact) mass is 253 g/mol. The van der Waals surface area contributed by atoms with Gasteiger partial charge in [-0.2, -0.15) is 0 Å². The van der Waals surface area contributed by atoms with Crippen LogP contribution in [0.3, 0.4) is 0 Å². The third-order valence-electron chi connectivity index (χ3n) is 3.04. The number of pyridine rings is 1. The van der Waals surface area contributed by atoms with Gasteiger partial charge >= 0.3 is 0 Å². The van der Waals surface area contributed by atoms with Crippen LogP contribution in [-0.4, -0.2) is 21.9 Å². The first-order valence-corrected chi connectivity index (χ1v) is 6.32. The summed E-state index contributed by atoms with van der Waals surface area (Å²) >= 11 is 0. The van der Waals surface area contributed by atoms with Crippen LogP contribution in [0.4, 0.5) is 0 Å². The Labute approximate surface area is 110 Å². The number of amides is 1. The summed E-state index contributed by atoms with van der Waals surface area (Å²) in [6.45, 7) is 3.87. The molecule has 0 radical (unpaired) electrons. The van der Waals surface area contributed by atoms with Crippen LogP contribution >= 0.6 is 0 Å². The zero-order valence-electron chi connectivity index (χ0n) is 10.9. The summed E-state index contributed by atoms with van der Waals surface area (Å²) in [5.41, 5.74) is 2.45. The maximum Gasteiger partial charge on any atom is 0.270 e. The SMILES string of the molecule is CC(C)NC(=O)c1cc2c(cn1)[nH]c1ccccc12. The van der Waals surface area contributed by atoms with Gasteiger partial charge in [-0.15, -0.1) is 0 Å². The molecule has 1 aromatic carbocycles. The van der Waals surface area contributed by atoms with Gasteiger partial charge in [-0.3, -0.25) is 4.79 Å². The number of aromatic amines is 1. The normalized spacial score (nSPS) is 11.3. The zero-order chi connectivity index (χ0) is 13.4. The summed E-state index contributed by atoms with van der Waals surface area (Å²) < 4.78 is 0. The number of rotatable bonds is 2. The molecule has 0 fully saturated rings. The van der Waals surface area contributed by atoms with Crippen LogP contribution in [0, 0.1) is 0 Å². The van der Waals surface area contributed by atoms with Gasteiger partial charge in [-0.25, -0.2) is 4.98 Å². The van der Waals surface area contributed by atoms with Crippen LogP contribution in [-0.2, 0) is 0 Å². The van der Waals surface area contributed by atoms with Gasteiger partial charge in [0, 0.05) is 22.3 Å². The minimum atomic E-state index is -0.137. The maximum atomic E-state index is 12.0. The van der Waals surface area contributed by atoms with Gasteiger partial charge in [-0.1, -0.05) is 18.2 Å². The third-order valence-corrected chi connectivity index (χ3v) is 3.04. The summed E-state index contributed by atoms with van der Waals surface area (Å²) in [7, 11) is 0. The van der Waals surface area contributed by atoms with E-state index in [9.17, 15) is 4.79 Å². The molecular weight excluding hydrogens is 238 g/mol. The van der Waals surface area contributed by atoms with Crippen LogP contribution in [0.25, 0.3) is 21.8 Å². The molecule has 2 aromatic heterocycles. The Hall–Kier alpha value is -2.36. The lowest BCUT2D eigenvalue weighted by Crippen LogP contribution is -2.30. The molecule has 0 aliphatic carbocycles. The number of aromatic nitrogens is 2. The lowest BCUT2D eigenvalue weighted by molar-refractivity contribution is 0.0938. The molecule has 4 heteroatoms. The number of para-hydroxylation sites is 1. The first-order chi connectivity index (χ1) is 9.15. The Bertz CT molecular complexity index is 758. The van der Waals surface area contributed by atoms with E-state index in [1.165, 1.54) is 0 Å². The van der Waals surface area contributed by atoms with Crippen LogP contribution in [0.1, 0.15) is 24.3 Å². The fourth-order valence-electron chi connectivity index (χ4n) is 2.21. The lowest BCUT2D eigenvalue weighted by Gasteiger charge is -2.07. The molecule has 19 heavy (non-hydrogen) atoms. The Kier molecular flexibility index (Phi) is 2.71. The summed E-state index contributed by atoms with van der Waals surface area (Å²) in [5.74, 6) is -0.137. The molecule has 1 amide bonds. The van der Waals surface area contributed by atoms with Gasteiger partial charge in [0.1, 0.15) is 5.69 Å². The molecule has 0 saturated heterocycles. The van der Waals surface area contributed by atoms with Crippen molar-refractivity contribution in [3.63, 3.8) is 0 Å². The first kappa shape index (κ1) is 11.7. The predicted molar refractivity (Wildman–Crippen MR) is 76.2 cm³/mol. The van der Waals surface area contributed by atoms with Gasteiger partial charge in [0.2, 0.25) is 0 Å². The van der Waals surface area contributed by atoms with E-state index in [0.29, 0.717) is 5.69 Å². The number of fused-ring (bicyclic) bond motifs is 3. The van der Waals surface area contributed by atoms with Crippen LogP contribution in [0.5, 0.6) is 0 Å². The van der Waals surface area contributed by atoms with Crippen molar-refractivity contribution < 1.29 is 4.79 Å². The van der Waals surface area contributed by atoms with Crippen molar-refractivity contribution in [3.05, 3.63) is 42.2 Å². The van der Waals surface area contributed by atoms with Crippen molar-refractivity contribution in [1.29, 1.82) is 0 Å². The van der Waals surface area contributed by atoms with E-state index >= 15 is 0 Å². The van der Waals surface area contributed by atoms with Crippen molar-refractivity contribution in [2.75, 3.05) is 0 Å². The van der Waals surface area contributed by atoms with Gasteiger partial charge in [-0.05, 0) is 26.0 Å². The predicted octanol–water partition coefficient (Wildman–Crippen LogP) is 2.85. The Morgan fingerprint density at radius 3 is 2.79 bits per heavy atom. The number of hydrogen-bond donors (Lipinski definition) is 2. The number of nitrogens with zero attached hydrogens (tertiary/aromatic N) is 1. The van der Waals surface area contributed by atoms with Crippen molar-refractivity contribution in [3.8, 4) is 0 Å². The van der Waals surface area contributed by atoms with E-state index in [1.807, 2.05) is 44.2 Å². The second-order valence-electron chi connectivity index (χ2n) is 4.91. The maximum absolute atomic E-state index is 12.0. The topological polar surface area (TPSA) is 57.8 Å². The molecule has 0 unspecified atom stereocenters. The number of carbonyl (C=O) groups excluding carboxylic acids is 1. The van der Waals surface area contributed by atoms with Crippen LogP contribution < -0.4 is 5.32 Å². The standard InChI is InChI=1S/C15H15N3O/c1-9(2)17-15(19)13-7-11-10-5-3-4-6-12(10)18-14(11)8-16-13/h3-9,18H,1-2H3,(H,17,19). The molecule has 2 heterocycles. The number of hydrogen-bond acceptors (Lipinski definition) is 2. The van der Waals surface area contributed by atoms with Crippen molar-refractivity contribution in [1.82, 2.24) is 15.3 Å². The van der Waals surface area contributed by atoms with E-state index in [4.69, 9.17) is 0 Å². The van der Waals surface area contributed by atoms with Gasteiger partial charge in [0.25, 0.3) is 5.91 Å². The van der Waals surface area contributed by atoms with Crippen molar-refractivity contribution in [2.24, 2.45) is 0 Å². The van der Waals surface area contributed by atoms with Crippen molar-refractivity contribution >= 4 is 27.7 Å². The minimum Gasteiger partial charge on any atom is -0.353 e. The Morgan fingerprint density at radius 2 is 2.00 bits per heavy atom. The van der Waals surface area contributed by atoms with Gasteiger partial charge < -0.3 is 10.3 Å². The second-order valence-corrected chi connectivity index (χ2v) is 4.91. The molecule has 96 valence electrons. The molecule has 0 atom stereocenters. The quantitative estimate of drug-likeness (QED) is 0.737. The Morgan fingerprint density at radius 1 is 1.21 bits per heavy atom. The average Bonchev–Trinajstić information content (AvgIpc) is 2.75. The molecule has 0 spiro atoms. The highest BCUT2D eigenvalue weighted by atomic mass is 16.1. The lowest BCUT2D eigenvalue weighted by atomic mass is 10.1. The van der Waals surface area contributed by atoms with E-state index in [-0.39, 0.29) is 11.9 Å². The summed E-state index contributed by atoms with van der Waals surface area (Å²) in [4.78, 5) is 19.5. The summed E-state index contributed by atoms with van der Waals surface area (Å²) in [5, 5.41) is 4.99. The average molecular weight is 253 g/mol. The highest BCUT2D eigenvalue weighted by molar-refractivity contribution is 6.09. The van der Waals surface area contributed by atoms with E-state index in [2.05, 4.69) is 15.3 Å². The molecule has 0 aliphatic rings. The zero-order valence-corrected chi connectivity index (χ0v) is 10.9. The molecular formula is C15H15N3O. The second kappa shape index (κ2) is 4.39. The molecule has 0 saturated carbocycles. The first-order valence-electron chi connectivity index (χ1n) is 6.32. The molecule has 2 N–H and O–H groups in total. The molecule has 3 rings (SSSR count). The van der Waals surface area contributed by atoms with E-state index < -0.39 is 0 Å². The van der Waals surface area contributed by atoms with Gasteiger partial charge in [0.15, 0.2) is 0 Å². The van der Waals surface area contributed by atoms with Gasteiger partial charge in [0.05, 0.1) is 11.7 Å². The van der Waals surface area contributed by atoms with Crippen LogP contribution in [0.15, 0.2) is 36.5 Å². The van der Waals surface area contributed by atoms with Crippen molar-refractivity contribution in [2.45, 2.75) is 19.9 Å². The van der Waals surface area contributed by atoms with E-state index in [1.54, 1.807) is 6.20 Å². The fraction of sp³-hybridized carbons (Fsp3) is 0.200. The highest BCUT2D eigenvalue weighted by Crippen LogP contribution is 2.24. The Balaban J connectivity index is 2.14. The highest BCUT2D eigenvalue weighted by Gasteiger charge is 2.11. The molecule has 4 nitrogen and oxygen atoms in total.